The van der Waals surface area contributed by atoms with E-state index < -0.39 is 33.6 Å². The van der Waals surface area contributed by atoms with Gasteiger partial charge in [0.15, 0.2) is 15.0 Å². The van der Waals surface area contributed by atoms with E-state index in [1.54, 1.807) is 4.90 Å². The lowest BCUT2D eigenvalue weighted by molar-refractivity contribution is -0.137. The van der Waals surface area contributed by atoms with Crippen LogP contribution in [0.3, 0.4) is 0 Å². The Labute approximate surface area is 164 Å². The number of anilines is 1. The Bertz CT molecular complexity index is 921. The van der Waals surface area contributed by atoms with Crippen LogP contribution >= 0.6 is 23.4 Å². The van der Waals surface area contributed by atoms with Crippen molar-refractivity contribution in [3.63, 3.8) is 0 Å². The smallest absolute Gasteiger partial charge is 0.303 e. The van der Waals surface area contributed by atoms with E-state index in [4.69, 9.17) is 16.7 Å². The van der Waals surface area contributed by atoms with Gasteiger partial charge in [-0.15, -0.1) is 0 Å². The molecule has 0 saturated carbocycles. The molecule has 7 nitrogen and oxygen atoms in total. The molecule has 0 bridgehead atoms. The van der Waals surface area contributed by atoms with Crippen molar-refractivity contribution in [2.24, 2.45) is 4.99 Å². The first-order chi connectivity index (χ1) is 12.7. The minimum Gasteiger partial charge on any atom is -0.481 e. The molecule has 2 saturated heterocycles. The number of hydrogen-bond donors (Lipinski definition) is 1. The summed E-state index contributed by atoms with van der Waals surface area (Å²) in [5.41, 5.74) is 0.454. The van der Waals surface area contributed by atoms with E-state index in [1.807, 2.05) is 0 Å². The highest BCUT2D eigenvalue weighted by Gasteiger charge is 2.49. The van der Waals surface area contributed by atoms with Gasteiger partial charge in [0.1, 0.15) is 5.82 Å². The molecule has 1 N–H and O–H groups in total. The molecule has 27 heavy (non-hydrogen) atoms. The summed E-state index contributed by atoms with van der Waals surface area (Å²) in [5.74, 6) is -2.20. The summed E-state index contributed by atoms with van der Waals surface area (Å²) in [6.07, 6.45) is 0.00570. The number of halogens is 2. The van der Waals surface area contributed by atoms with E-state index in [1.165, 1.54) is 30.0 Å². The monoisotopic (exact) mass is 434 g/mol. The zero-order valence-corrected chi connectivity index (χ0v) is 16.4. The number of benzene rings is 1. The Morgan fingerprint density at radius 1 is 1.33 bits per heavy atom. The van der Waals surface area contributed by atoms with Gasteiger partial charge in [0, 0.05) is 23.8 Å². The molecule has 0 spiro atoms. The van der Waals surface area contributed by atoms with Gasteiger partial charge in [0.05, 0.1) is 22.6 Å². The van der Waals surface area contributed by atoms with E-state index in [-0.39, 0.29) is 41.0 Å². The standard InChI is InChI=1S/C16H16ClFN2O5S2/c17-10-6-9(4-5-11(10)18)20-12-7-27(24,25)8-13(12)26-16(20)19-14(21)2-1-3-15(22)23/h4-6,12-13H,1-3,7-8H2,(H,22,23)/t12-,13+/m1/s1. The van der Waals surface area contributed by atoms with Crippen LogP contribution in [-0.4, -0.2) is 53.4 Å². The van der Waals surface area contributed by atoms with Gasteiger partial charge < -0.3 is 10.0 Å². The number of aliphatic imine (C=N–C) groups is 1. The van der Waals surface area contributed by atoms with Gasteiger partial charge in [0.2, 0.25) is 5.91 Å². The van der Waals surface area contributed by atoms with Crippen LogP contribution in [0, 0.1) is 5.82 Å². The summed E-state index contributed by atoms with van der Waals surface area (Å²) in [4.78, 5) is 28.3. The van der Waals surface area contributed by atoms with Crippen molar-refractivity contribution in [1.29, 1.82) is 0 Å². The van der Waals surface area contributed by atoms with Crippen LogP contribution in [0.5, 0.6) is 0 Å². The summed E-state index contributed by atoms with van der Waals surface area (Å²) in [6.45, 7) is 0. The van der Waals surface area contributed by atoms with Crippen LogP contribution in [0.2, 0.25) is 5.02 Å². The molecule has 146 valence electrons. The van der Waals surface area contributed by atoms with Crippen molar-refractivity contribution in [1.82, 2.24) is 0 Å². The van der Waals surface area contributed by atoms with Crippen molar-refractivity contribution in [2.45, 2.75) is 30.6 Å². The number of sulfone groups is 1. The van der Waals surface area contributed by atoms with E-state index in [9.17, 15) is 22.4 Å². The van der Waals surface area contributed by atoms with E-state index >= 15 is 0 Å². The highest BCUT2D eigenvalue weighted by atomic mass is 35.5. The molecular formula is C16H16ClFN2O5S2. The van der Waals surface area contributed by atoms with Crippen LogP contribution in [0.1, 0.15) is 19.3 Å². The molecule has 0 aromatic heterocycles. The lowest BCUT2D eigenvalue weighted by Gasteiger charge is -2.24. The molecule has 1 aromatic rings. The zero-order valence-electron chi connectivity index (χ0n) is 14.0. The van der Waals surface area contributed by atoms with Gasteiger partial charge in [-0.1, -0.05) is 23.4 Å². The van der Waals surface area contributed by atoms with E-state index in [2.05, 4.69) is 4.99 Å². The third-order valence-corrected chi connectivity index (χ3v) is 7.75. The first-order valence-electron chi connectivity index (χ1n) is 8.11. The summed E-state index contributed by atoms with van der Waals surface area (Å²) < 4.78 is 37.5. The van der Waals surface area contributed by atoms with Crippen molar-refractivity contribution < 1.29 is 27.5 Å². The SMILES string of the molecule is O=C(O)CCCC(=O)N=C1S[C@H]2CS(=O)(=O)C[C@H]2N1c1ccc(F)c(Cl)c1. The second kappa shape index (κ2) is 7.76. The first kappa shape index (κ1) is 20.1. The molecule has 0 aliphatic carbocycles. The Hall–Kier alpha value is -1.65. The number of carboxylic acid groups (broad SMARTS) is 1. The van der Waals surface area contributed by atoms with Crippen LogP contribution in [0.4, 0.5) is 10.1 Å². The number of rotatable bonds is 5. The predicted octanol–water partition coefficient (Wildman–Crippen LogP) is 2.34. The van der Waals surface area contributed by atoms with Crippen molar-refractivity contribution in [3.8, 4) is 0 Å². The Morgan fingerprint density at radius 2 is 2.07 bits per heavy atom. The number of aliphatic carboxylic acids is 1. The number of thioether (sulfide) groups is 1. The van der Waals surface area contributed by atoms with Gasteiger partial charge in [-0.25, -0.2) is 12.8 Å². The molecule has 1 aromatic carbocycles. The molecule has 0 unspecified atom stereocenters. The fourth-order valence-corrected chi connectivity index (χ4v) is 7.16. The van der Waals surface area contributed by atoms with Gasteiger partial charge in [0.25, 0.3) is 0 Å². The molecule has 2 aliphatic heterocycles. The van der Waals surface area contributed by atoms with Gasteiger partial charge in [-0.2, -0.15) is 4.99 Å². The summed E-state index contributed by atoms with van der Waals surface area (Å²) in [6, 6.07) is 3.58. The Kier molecular flexibility index (Phi) is 5.78. The number of amides is 1. The fraction of sp³-hybridized carbons (Fsp3) is 0.438. The van der Waals surface area contributed by atoms with Crippen LogP contribution in [0.25, 0.3) is 0 Å². The molecule has 1 amide bonds. The average molecular weight is 435 g/mol. The number of hydrogen-bond acceptors (Lipinski definition) is 5. The lowest BCUT2D eigenvalue weighted by atomic mass is 10.2. The number of carbonyl (C=O) groups excluding carboxylic acids is 1. The largest absolute Gasteiger partial charge is 0.481 e. The summed E-state index contributed by atoms with van der Waals surface area (Å²) in [5, 5.41) is 8.57. The maximum absolute atomic E-state index is 13.5. The molecule has 2 fully saturated rings. The Balaban J connectivity index is 1.88. The topological polar surface area (TPSA) is 104 Å². The third kappa shape index (κ3) is 4.61. The highest BCUT2D eigenvalue weighted by Crippen LogP contribution is 2.41. The number of carboxylic acids is 1. The average Bonchev–Trinajstić information content (AvgIpc) is 3.00. The minimum atomic E-state index is -3.22. The summed E-state index contributed by atoms with van der Waals surface area (Å²) >= 11 is 7.04. The van der Waals surface area contributed by atoms with Gasteiger partial charge >= 0.3 is 5.97 Å². The number of amidine groups is 1. The molecule has 2 atom stereocenters. The van der Waals surface area contributed by atoms with Crippen molar-refractivity contribution in [2.75, 3.05) is 16.4 Å². The number of nitrogens with zero attached hydrogens (tertiary/aromatic N) is 2. The zero-order chi connectivity index (χ0) is 19.8. The molecule has 2 aliphatic rings. The second-order valence-corrected chi connectivity index (χ2v) is 10.1. The maximum atomic E-state index is 13.5. The quantitative estimate of drug-likeness (QED) is 0.758. The van der Waals surface area contributed by atoms with Crippen LogP contribution in [-0.2, 0) is 19.4 Å². The van der Waals surface area contributed by atoms with Crippen LogP contribution in [0.15, 0.2) is 23.2 Å². The molecule has 11 heteroatoms. The number of carbonyl (C=O) groups is 2. The normalized spacial score (nSPS) is 25.0. The molecule has 2 heterocycles. The lowest BCUT2D eigenvalue weighted by Crippen LogP contribution is -2.37. The van der Waals surface area contributed by atoms with Crippen molar-refractivity contribution in [3.05, 3.63) is 29.0 Å². The number of fused-ring (bicyclic) bond motifs is 1. The minimum absolute atomic E-state index is 0.0258. The van der Waals surface area contributed by atoms with Gasteiger partial charge in [-0.05, 0) is 24.6 Å². The summed E-state index contributed by atoms with van der Waals surface area (Å²) in [7, 11) is -3.22. The fourth-order valence-electron chi connectivity index (χ4n) is 3.05. The second-order valence-electron chi connectivity index (χ2n) is 6.30. The molecular weight excluding hydrogens is 419 g/mol. The van der Waals surface area contributed by atoms with Crippen LogP contribution < -0.4 is 4.90 Å². The molecule has 3 rings (SSSR count). The third-order valence-electron chi connectivity index (χ3n) is 4.25. The maximum Gasteiger partial charge on any atom is 0.303 e. The van der Waals surface area contributed by atoms with Gasteiger partial charge in [-0.3, -0.25) is 9.59 Å². The van der Waals surface area contributed by atoms with E-state index in [0.29, 0.717) is 10.9 Å². The van der Waals surface area contributed by atoms with Crippen molar-refractivity contribution >= 4 is 55.9 Å². The predicted molar refractivity (Wildman–Crippen MR) is 102 cm³/mol. The van der Waals surface area contributed by atoms with E-state index in [0.717, 1.165) is 0 Å². The Morgan fingerprint density at radius 3 is 2.74 bits per heavy atom. The molecule has 0 radical (unpaired) electrons. The highest BCUT2D eigenvalue weighted by molar-refractivity contribution is 8.16. The first-order valence-corrected chi connectivity index (χ1v) is 11.2.